The summed E-state index contributed by atoms with van der Waals surface area (Å²) in [5.41, 5.74) is 3.47. The lowest BCUT2D eigenvalue weighted by atomic mass is 10.1. The summed E-state index contributed by atoms with van der Waals surface area (Å²) in [5, 5.41) is 1.25. The maximum absolute atomic E-state index is 3.80. The molecule has 84 valence electrons. The van der Waals surface area contributed by atoms with E-state index in [0.717, 1.165) is 11.2 Å². The molecular weight excluding hydrogens is 194 g/mol. The Morgan fingerprint density at radius 3 is 2.50 bits per heavy atom. The molecule has 0 bridgehead atoms. The second-order valence-electron chi connectivity index (χ2n) is 3.20. The highest BCUT2D eigenvalue weighted by atomic mass is 14.7. The Labute approximate surface area is 97.5 Å². The summed E-state index contributed by atoms with van der Waals surface area (Å²) >= 11 is 0. The van der Waals surface area contributed by atoms with Crippen molar-refractivity contribution >= 4 is 23.1 Å². The molecule has 0 atom stereocenters. The minimum Gasteiger partial charge on any atom is -0.355 e. The van der Waals surface area contributed by atoms with Crippen molar-refractivity contribution in [2.75, 3.05) is 0 Å². The standard InChI is InChI=1S/C13H13N.C2H6/c1-3-7-10-11-8-5-6-9-13(11)14-12(10)4-2;1-2/h3-9,14H,2H2,1H3;1-2H3/b7-3-;. The molecule has 0 aliphatic heterocycles. The van der Waals surface area contributed by atoms with Crippen LogP contribution in [0.2, 0.25) is 0 Å². The molecule has 0 saturated carbocycles. The van der Waals surface area contributed by atoms with E-state index in [2.05, 4.69) is 35.8 Å². The molecule has 1 N–H and O–H groups in total. The first-order valence-corrected chi connectivity index (χ1v) is 5.72. The molecule has 2 rings (SSSR count). The van der Waals surface area contributed by atoms with E-state index in [-0.39, 0.29) is 0 Å². The number of nitrogens with one attached hydrogen (secondary N) is 1. The number of fused-ring (bicyclic) bond motifs is 1. The van der Waals surface area contributed by atoms with Crippen LogP contribution in [0, 0.1) is 0 Å². The molecule has 1 heterocycles. The van der Waals surface area contributed by atoms with Crippen LogP contribution in [0.4, 0.5) is 0 Å². The van der Waals surface area contributed by atoms with Crippen LogP contribution in [0.1, 0.15) is 32.0 Å². The number of hydrogen-bond acceptors (Lipinski definition) is 0. The van der Waals surface area contributed by atoms with E-state index in [1.807, 2.05) is 39.0 Å². The fourth-order valence-electron chi connectivity index (χ4n) is 1.69. The van der Waals surface area contributed by atoms with Gasteiger partial charge >= 0.3 is 0 Å². The zero-order valence-corrected chi connectivity index (χ0v) is 10.2. The lowest BCUT2D eigenvalue weighted by Crippen LogP contribution is -1.73. The number of benzene rings is 1. The Hall–Kier alpha value is -1.76. The van der Waals surface area contributed by atoms with Gasteiger partial charge in [-0.3, -0.25) is 0 Å². The van der Waals surface area contributed by atoms with Gasteiger partial charge in [0.1, 0.15) is 0 Å². The number of rotatable bonds is 2. The van der Waals surface area contributed by atoms with Gasteiger partial charge in [-0.1, -0.05) is 50.8 Å². The lowest BCUT2D eigenvalue weighted by molar-refractivity contribution is 1.42. The topological polar surface area (TPSA) is 15.8 Å². The minimum absolute atomic E-state index is 1.09. The van der Waals surface area contributed by atoms with E-state index >= 15 is 0 Å². The van der Waals surface area contributed by atoms with Crippen molar-refractivity contribution in [3.05, 3.63) is 48.2 Å². The Morgan fingerprint density at radius 2 is 1.88 bits per heavy atom. The molecular formula is C15H19N. The van der Waals surface area contributed by atoms with Crippen LogP contribution in [0.25, 0.3) is 23.1 Å². The van der Waals surface area contributed by atoms with Crippen LogP contribution in [0.3, 0.4) is 0 Å². The molecule has 1 aromatic carbocycles. The van der Waals surface area contributed by atoms with Gasteiger partial charge < -0.3 is 4.98 Å². The predicted octanol–water partition coefficient (Wildman–Crippen LogP) is 4.87. The van der Waals surface area contributed by atoms with Gasteiger partial charge in [-0.15, -0.1) is 0 Å². The molecule has 0 aliphatic rings. The molecule has 0 fully saturated rings. The molecule has 0 unspecified atom stereocenters. The van der Waals surface area contributed by atoms with Gasteiger partial charge in [0.2, 0.25) is 0 Å². The largest absolute Gasteiger partial charge is 0.355 e. The summed E-state index contributed by atoms with van der Waals surface area (Å²) in [6, 6.07) is 8.28. The Kier molecular flexibility index (Phi) is 4.59. The van der Waals surface area contributed by atoms with E-state index in [9.17, 15) is 0 Å². The van der Waals surface area contributed by atoms with Crippen LogP contribution in [0.15, 0.2) is 36.9 Å². The molecule has 0 radical (unpaired) electrons. The Bertz CT molecular complexity index is 489. The number of hydrogen-bond donors (Lipinski definition) is 1. The summed E-state index contributed by atoms with van der Waals surface area (Å²) in [7, 11) is 0. The summed E-state index contributed by atoms with van der Waals surface area (Å²) in [6.07, 6.45) is 6.01. The molecule has 2 aromatic rings. The first-order chi connectivity index (χ1) is 7.86. The molecule has 0 saturated heterocycles. The Morgan fingerprint density at radius 1 is 1.19 bits per heavy atom. The highest BCUT2D eigenvalue weighted by Gasteiger charge is 2.04. The van der Waals surface area contributed by atoms with Gasteiger partial charge in [-0.05, 0) is 19.1 Å². The molecule has 1 nitrogen and oxygen atoms in total. The van der Waals surface area contributed by atoms with Crippen LogP contribution in [-0.2, 0) is 0 Å². The quantitative estimate of drug-likeness (QED) is 0.732. The summed E-state index contributed by atoms with van der Waals surface area (Å²) in [6.45, 7) is 9.83. The van der Waals surface area contributed by atoms with Crippen molar-refractivity contribution in [3.63, 3.8) is 0 Å². The van der Waals surface area contributed by atoms with E-state index in [0.29, 0.717) is 0 Å². The van der Waals surface area contributed by atoms with Crippen LogP contribution >= 0.6 is 0 Å². The van der Waals surface area contributed by atoms with E-state index < -0.39 is 0 Å². The number of aromatic amines is 1. The second-order valence-corrected chi connectivity index (χ2v) is 3.20. The second kappa shape index (κ2) is 5.96. The molecule has 1 heteroatoms. The maximum Gasteiger partial charge on any atom is 0.0464 e. The average Bonchev–Trinajstić information content (AvgIpc) is 2.71. The highest BCUT2D eigenvalue weighted by molar-refractivity contribution is 5.92. The Balaban J connectivity index is 0.000000606. The number of aromatic nitrogens is 1. The molecule has 0 amide bonds. The molecule has 1 aromatic heterocycles. The van der Waals surface area contributed by atoms with Gasteiger partial charge in [-0.25, -0.2) is 0 Å². The fourth-order valence-corrected chi connectivity index (χ4v) is 1.69. The lowest BCUT2D eigenvalue weighted by Gasteiger charge is -1.91. The zero-order chi connectivity index (χ0) is 12.0. The van der Waals surface area contributed by atoms with Crippen molar-refractivity contribution in [2.45, 2.75) is 20.8 Å². The zero-order valence-electron chi connectivity index (χ0n) is 10.2. The first-order valence-electron chi connectivity index (χ1n) is 5.72. The van der Waals surface area contributed by atoms with Gasteiger partial charge in [0, 0.05) is 22.2 Å². The minimum atomic E-state index is 1.09. The van der Waals surface area contributed by atoms with E-state index in [1.165, 1.54) is 10.9 Å². The van der Waals surface area contributed by atoms with Gasteiger partial charge in [0.05, 0.1) is 0 Å². The highest BCUT2D eigenvalue weighted by Crippen LogP contribution is 2.24. The van der Waals surface area contributed by atoms with Crippen molar-refractivity contribution in [3.8, 4) is 0 Å². The van der Waals surface area contributed by atoms with Crippen LogP contribution in [0.5, 0.6) is 0 Å². The van der Waals surface area contributed by atoms with Gasteiger partial charge in [-0.2, -0.15) is 0 Å². The van der Waals surface area contributed by atoms with Crippen LogP contribution in [-0.4, -0.2) is 4.98 Å². The third-order valence-electron chi connectivity index (χ3n) is 2.31. The number of H-pyrrole nitrogens is 1. The van der Waals surface area contributed by atoms with Crippen molar-refractivity contribution in [1.29, 1.82) is 0 Å². The fraction of sp³-hybridized carbons (Fsp3) is 0.200. The van der Waals surface area contributed by atoms with E-state index in [1.54, 1.807) is 0 Å². The van der Waals surface area contributed by atoms with Gasteiger partial charge in [0.25, 0.3) is 0 Å². The monoisotopic (exact) mass is 213 g/mol. The van der Waals surface area contributed by atoms with E-state index in [4.69, 9.17) is 0 Å². The third kappa shape index (κ3) is 2.25. The smallest absolute Gasteiger partial charge is 0.0464 e. The van der Waals surface area contributed by atoms with Crippen LogP contribution < -0.4 is 0 Å². The maximum atomic E-state index is 3.80. The third-order valence-corrected chi connectivity index (χ3v) is 2.31. The van der Waals surface area contributed by atoms with Gasteiger partial charge in [0.15, 0.2) is 0 Å². The van der Waals surface area contributed by atoms with Crippen molar-refractivity contribution in [2.24, 2.45) is 0 Å². The summed E-state index contributed by atoms with van der Waals surface area (Å²) in [5.74, 6) is 0. The summed E-state index contributed by atoms with van der Waals surface area (Å²) in [4.78, 5) is 3.33. The predicted molar refractivity (Wildman–Crippen MR) is 74.4 cm³/mol. The van der Waals surface area contributed by atoms with Crippen molar-refractivity contribution in [1.82, 2.24) is 4.98 Å². The first kappa shape index (κ1) is 12.3. The van der Waals surface area contributed by atoms with Crippen molar-refractivity contribution < 1.29 is 0 Å². The number of para-hydroxylation sites is 1. The molecule has 0 spiro atoms. The molecule has 16 heavy (non-hydrogen) atoms. The average molecular weight is 213 g/mol. The summed E-state index contributed by atoms with van der Waals surface area (Å²) < 4.78 is 0. The normalized spacial score (nSPS) is 10.2. The molecule has 0 aliphatic carbocycles. The SMILES string of the molecule is C=Cc1[nH]c2ccccc2c1/C=C\C.CC. The number of allylic oxidation sites excluding steroid dienone is 1.